The molecule has 0 bridgehead atoms. The van der Waals surface area contributed by atoms with Gasteiger partial charge in [0.25, 0.3) is 0 Å². The second-order valence-electron chi connectivity index (χ2n) is 3.63. The van der Waals surface area contributed by atoms with Crippen molar-refractivity contribution in [2.24, 2.45) is 0 Å². The number of carbonyl (C=O) groups is 1. The highest BCUT2D eigenvalue weighted by molar-refractivity contribution is 5.55. The van der Waals surface area contributed by atoms with Crippen LogP contribution in [0.5, 0.6) is 11.5 Å². The van der Waals surface area contributed by atoms with Crippen LogP contribution >= 0.6 is 0 Å². The van der Waals surface area contributed by atoms with E-state index in [0.717, 1.165) is 12.4 Å². The first-order chi connectivity index (χ1) is 8.06. The minimum atomic E-state index is -1.09. The average Bonchev–Trinajstić information content (AvgIpc) is 2.32. The highest BCUT2D eigenvalue weighted by Gasteiger charge is 2.22. The summed E-state index contributed by atoms with van der Waals surface area (Å²) in [6, 6.07) is 1.03. The number of halogens is 2. The molecule has 94 valence electrons. The van der Waals surface area contributed by atoms with Gasteiger partial charge in [-0.2, -0.15) is 4.39 Å². The minimum Gasteiger partial charge on any atom is -0.492 e. The molecule has 1 atom stereocenters. The second-order valence-corrected chi connectivity index (χ2v) is 3.63. The van der Waals surface area contributed by atoms with Gasteiger partial charge in [-0.15, -0.1) is 0 Å². The molecule has 0 aliphatic carbocycles. The zero-order chi connectivity index (χ0) is 13.0. The molecule has 0 N–H and O–H groups in total. The number of benzene rings is 1. The van der Waals surface area contributed by atoms with Crippen LogP contribution in [-0.4, -0.2) is 20.5 Å². The Morgan fingerprint density at radius 2 is 1.88 bits per heavy atom. The highest BCUT2D eigenvalue weighted by Crippen LogP contribution is 2.39. The van der Waals surface area contributed by atoms with Gasteiger partial charge in [-0.1, -0.05) is 6.92 Å². The first-order valence-corrected chi connectivity index (χ1v) is 5.10. The number of hydrogen-bond donors (Lipinski definition) is 0. The summed E-state index contributed by atoms with van der Waals surface area (Å²) in [5.41, 5.74) is 0.412. The lowest BCUT2D eigenvalue weighted by atomic mass is 9.96. The normalized spacial score (nSPS) is 12.1. The molecule has 0 aliphatic heterocycles. The molecule has 1 aromatic carbocycles. The lowest BCUT2D eigenvalue weighted by Gasteiger charge is -2.17. The molecule has 1 rings (SSSR count). The summed E-state index contributed by atoms with van der Waals surface area (Å²) >= 11 is 0. The van der Waals surface area contributed by atoms with Crippen molar-refractivity contribution < 1.29 is 23.0 Å². The second kappa shape index (κ2) is 5.61. The van der Waals surface area contributed by atoms with Crippen LogP contribution in [0.2, 0.25) is 0 Å². The molecule has 0 fully saturated rings. The maximum Gasteiger partial charge on any atom is 0.204 e. The van der Waals surface area contributed by atoms with Gasteiger partial charge in [-0.05, 0) is 12.0 Å². The Morgan fingerprint density at radius 3 is 2.35 bits per heavy atom. The van der Waals surface area contributed by atoms with Crippen LogP contribution in [0, 0.1) is 11.6 Å². The third kappa shape index (κ3) is 2.54. The van der Waals surface area contributed by atoms with Crippen LogP contribution in [0.15, 0.2) is 6.07 Å². The van der Waals surface area contributed by atoms with Crippen LogP contribution in [0.3, 0.4) is 0 Å². The van der Waals surface area contributed by atoms with Gasteiger partial charge in [0.1, 0.15) is 6.29 Å². The summed E-state index contributed by atoms with van der Waals surface area (Å²) in [6.07, 6.45) is 0.919. The fourth-order valence-electron chi connectivity index (χ4n) is 1.63. The summed E-state index contributed by atoms with van der Waals surface area (Å²) in [6.45, 7) is 1.73. The third-order valence-corrected chi connectivity index (χ3v) is 2.55. The number of methoxy groups -OCH3 is 2. The Balaban J connectivity index is 3.38. The van der Waals surface area contributed by atoms with Crippen molar-refractivity contribution in [3.63, 3.8) is 0 Å². The molecular formula is C12H14F2O3. The fraction of sp³-hybridized carbons (Fsp3) is 0.417. The van der Waals surface area contributed by atoms with Crippen molar-refractivity contribution in [2.45, 2.75) is 19.3 Å². The predicted molar refractivity (Wildman–Crippen MR) is 58.6 cm³/mol. The van der Waals surface area contributed by atoms with E-state index in [1.807, 2.05) is 0 Å². The molecule has 1 aromatic rings. The van der Waals surface area contributed by atoms with Crippen molar-refractivity contribution in [1.82, 2.24) is 0 Å². The van der Waals surface area contributed by atoms with Gasteiger partial charge in [0.05, 0.1) is 14.2 Å². The topological polar surface area (TPSA) is 35.5 Å². The number of carbonyl (C=O) groups excluding carboxylic acids is 1. The molecule has 0 saturated carbocycles. The largest absolute Gasteiger partial charge is 0.492 e. The van der Waals surface area contributed by atoms with Crippen molar-refractivity contribution in [3.8, 4) is 11.5 Å². The van der Waals surface area contributed by atoms with Gasteiger partial charge < -0.3 is 14.3 Å². The quantitative estimate of drug-likeness (QED) is 0.747. The SMILES string of the molecule is COc1c(C(C)CC=O)cc(F)c(F)c1OC. The minimum absolute atomic E-state index is 0.126. The van der Waals surface area contributed by atoms with Gasteiger partial charge in [0, 0.05) is 12.0 Å². The van der Waals surface area contributed by atoms with E-state index in [0.29, 0.717) is 5.56 Å². The van der Waals surface area contributed by atoms with E-state index < -0.39 is 11.6 Å². The van der Waals surface area contributed by atoms with Crippen LogP contribution in [0.1, 0.15) is 24.8 Å². The summed E-state index contributed by atoms with van der Waals surface area (Å²) < 4.78 is 36.6. The molecule has 0 amide bonds. The molecule has 0 aromatic heterocycles. The Morgan fingerprint density at radius 1 is 1.29 bits per heavy atom. The number of hydrogen-bond acceptors (Lipinski definition) is 3. The standard InChI is InChI=1S/C12H14F2O3/c1-7(4-5-15)8-6-9(13)10(14)12(17-3)11(8)16-2/h5-7H,4H2,1-3H3. The zero-order valence-electron chi connectivity index (χ0n) is 9.92. The molecule has 0 spiro atoms. The molecule has 5 heteroatoms. The summed E-state index contributed by atoms with van der Waals surface area (Å²) in [5, 5.41) is 0. The molecule has 3 nitrogen and oxygen atoms in total. The molecule has 0 heterocycles. The van der Waals surface area contributed by atoms with Crippen LogP contribution < -0.4 is 9.47 Å². The maximum absolute atomic E-state index is 13.4. The van der Waals surface area contributed by atoms with Crippen molar-refractivity contribution in [1.29, 1.82) is 0 Å². The van der Waals surface area contributed by atoms with Crippen molar-refractivity contribution >= 4 is 6.29 Å². The van der Waals surface area contributed by atoms with E-state index in [4.69, 9.17) is 9.47 Å². The molecule has 0 aliphatic rings. The Hall–Kier alpha value is -1.65. The molecule has 0 radical (unpaired) electrons. The van der Waals surface area contributed by atoms with Gasteiger partial charge in [-0.25, -0.2) is 4.39 Å². The average molecular weight is 244 g/mol. The molecule has 0 saturated heterocycles. The Bertz CT molecular complexity index is 419. The maximum atomic E-state index is 13.4. The van der Waals surface area contributed by atoms with E-state index in [9.17, 15) is 13.6 Å². The number of ether oxygens (including phenoxy) is 2. The van der Waals surface area contributed by atoms with Crippen molar-refractivity contribution in [2.75, 3.05) is 14.2 Å². The molecular weight excluding hydrogens is 230 g/mol. The van der Waals surface area contributed by atoms with Gasteiger partial charge in [-0.3, -0.25) is 0 Å². The smallest absolute Gasteiger partial charge is 0.204 e. The lowest BCUT2D eigenvalue weighted by molar-refractivity contribution is -0.108. The van der Waals surface area contributed by atoms with Gasteiger partial charge >= 0.3 is 0 Å². The van der Waals surface area contributed by atoms with E-state index in [1.54, 1.807) is 6.92 Å². The first-order valence-electron chi connectivity index (χ1n) is 5.10. The fourth-order valence-corrected chi connectivity index (χ4v) is 1.63. The lowest BCUT2D eigenvalue weighted by Crippen LogP contribution is -2.04. The van der Waals surface area contributed by atoms with Gasteiger partial charge in [0.15, 0.2) is 17.3 Å². The van der Waals surface area contributed by atoms with Crippen LogP contribution in [0.4, 0.5) is 8.78 Å². The van der Waals surface area contributed by atoms with Gasteiger partial charge in [0.2, 0.25) is 5.82 Å². The monoisotopic (exact) mass is 244 g/mol. The predicted octanol–water partition coefficient (Wildman–Crippen LogP) is 2.67. The Kier molecular flexibility index (Phi) is 4.43. The molecule has 17 heavy (non-hydrogen) atoms. The first kappa shape index (κ1) is 13.4. The number of aldehydes is 1. The van der Waals surface area contributed by atoms with Crippen LogP contribution in [-0.2, 0) is 4.79 Å². The van der Waals surface area contributed by atoms with E-state index in [-0.39, 0.29) is 23.8 Å². The summed E-state index contributed by atoms with van der Waals surface area (Å²) in [5.74, 6) is -2.53. The van der Waals surface area contributed by atoms with E-state index in [2.05, 4.69) is 0 Å². The van der Waals surface area contributed by atoms with Crippen molar-refractivity contribution in [3.05, 3.63) is 23.3 Å². The highest BCUT2D eigenvalue weighted by atomic mass is 19.2. The van der Waals surface area contributed by atoms with E-state index >= 15 is 0 Å². The number of rotatable bonds is 5. The van der Waals surface area contributed by atoms with Crippen LogP contribution in [0.25, 0.3) is 0 Å². The van der Waals surface area contributed by atoms with E-state index in [1.165, 1.54) is 14.2 Å². The summed E-state index contributed by atoms with van der Waals surface area (Å²) in [4.78, 5) is 10.5. The molecule has 1 unspecified atom stereocenters. The zero-order valence-corrected chi connectivity index (χ0v) is 9.92. The third-order valence-electron chi connectivity index (χ3n) is 2.55. The Labute approximate surface area is 98.3 Å². The summed E-state index contributed by atoms with van der Waals surface area (Å²) in [7, 11) is 2.57.